The van der Waals surface area contributed by atoms with Gasteiger partial charge in [-0.3, -0.25) is 4.72 Å². The highest BCUT2D eigenvalue weighted by Crippen LogP contribution is 2.35. The molecule has 0 saturated carbocycles. The average molecular weight is 319 g/mol. The second kappa shape index (κ2) is 5.36. The van der Waals surface area contributed by atoms with Crippen LogP contribution in [0, 0.1) is 5.82 Å². The monoisotopic (exact) mass is 319 g/mol. The van der Waals surface area contributed by atoms with Crippen LogP contribution in [0.4, 0.5) is 23.2 Å². The third-order valence-corrected chi connectivity index (χ3v) is 4.00. The summed E-state index contributed by atoms with van der Waals surface area (Å²) in [6, 6.07) is 8.49. The molecule has 2 aromatic carbocycles. The van der Waals surface area contributed by atoms with E-state index in [2.05, 4.69) is 0 Å². The zero-order valence-corrected chi connectivity index (χ0v) is 11.2. The Labute approximate surface area is 118 Å². The van der Waals surface area contributed by atoms with Gasteiger partial charge in [0.2, 0.25) is 0 Å². The van der Waals surface area contributed by atoms with Crippen LogP contribution >= 0.6 is 0 Å². The third-order valence-electron chi connectivity index (χ3n) is 2.60. The molecule has 0 amide bonds. The second-order valence-corrected chi connectivity index (χ2v) is 5.73. The Balaban J connectivity index is 2.46. The summed E-state index contributed by atoms with van der Waals surface area (Å²) in [7, 11) is -4.45. The molecule has 2 aromatic rings. The zero-order chi connectivity index (χ0) is 15.7. The summed E-state index contributed by atoms with van der Waals surface area (Å²) >= 11 is 0. The molecule has 0 bridgehead atoms. The Kier molecular flexibility index (Phi) is 3.91. The van der Waals surface area contributed by atoms with E-state index in [1.165, 1.54) is 18.2 Å². The van der Waals surface area contributed by atoms with Crippen molar-refractivity contribution in [2.75, 3.05) is 4.72 Å². The van der Waals surface area contributed by atoms with Crippen LogP contribution in [-0.2, 0) is 16.2 Å². The zero-order valence-electron chi connectivity index (χ0n) is 10.4. The van der Waals surface area contributed by atoms with E-state index >= 15 is 0 Å². The smallest absolute Gasteiger partial charge is 0.279 e. The molecule has 0 aliphatic carbocycles. The van der Waals surface area contributed by atoms with Gasteiger partial charge in [-0.2, -0.15) is 13.2 Å². The molecule has 2 rings (SSSR count). The first-order valence-corrected chi connectivity index (χ1v) is 7.14. The lowest BCUT2D eigenvalue weighted by molar-refractivity contribution is -0.136. The van der Waals surface area contributed by atoms with Crippen molar-refractivity contribution in [3.8, 4) is 0 Å². The lowest BCUT2D eigenvalue weighted by Gasteiger charge is -2.14. The van der Waals surface area contributed by atoms with Gasteiger partial charge in [0, 0.05) is 0 Å². The number of hydrogen-bond donors (Lipinski definition) is 1. The largest absolute Gasteiger partial charge is 0.418 e. The minimum Gasteiger partial charge on any atom is -0.279 e. The second-order valence-electron chi connectivity index (χ2n) is 4.08. The number of hydrogen-bond acceptors (Lipinski definition) is 2. The van der Waals surface area contributed by atoms with Crippen molar-refractivity contribution >= 4 is 15.7 Å². The topological polar surface area (TPSA) is 46.2 Å². The first-order chi connectivity index (χ1) is 9.72. The fraction of sp³-hybridized carbons (Fsp3) is 0.0769. The van der Waals surface area contributed by atoms with E-state index < -0.39 is 38.2 Å². The highest BCUT2D eigenvalue weighted by molar-refractivity contribution is 7.92. The van der Waals surface area contributed by atoms with Crippen molar-refractivity contribution in [3.63, 3.8) is 0 Å². The summed E-state index contributed by atoms with van der Waals surface area (Å²) in [5.74, 6) is -1.05. The average Bonchev–Trinajstić information content (AvgIpc) is 2.38. The van der Waals surface area contributed by atoms with Crippen molar-refractivity contribution in [3.05, 3.63) is 59.9 Å². The minimum absolute atomic E-state index is 0.659. The summed E-state index contributed by atoms with van der Waals surface area (Å²) in [6.07, 6.45) is -4.73. The van der Waals surface area contributed by atoms with Gasteiger partial charge in [0.25, 0.3) is 10.0 Å². The molecule has 0 radical (unpaired) electrons. The van der Waals surface area contributed by atoms with E-state index in [0.717, 1.165) is 30.3 Å². The molecule has 3 nitrogen and oxygen atoms in total. The lowest BCUT2D eigenvalue weighted by atomic mass is 10.2. The van der Waals surface area contributed by atoms with Gasteiger partial charge in [-0.15, -0.1) is 0 Å². The molecule has 0 heterocycles. The van der Waals surface area contributed by atoms with Gasteiger partial charge >= 0.3 is 6.18 Å². The van der Waals surface area contributed by atoms with E-state index in [4.69, 9.17) is 0 Å². The van der Waals surface area contributed by atoms with Gasteiger partial charge in [0.05, 0.1) is 11.3 Å². The number of halogens is 4. The van der Waals surface area contributed by atoms with Gasteiger partial charge in [0.15, 0.2) is 0 Å². The van der Waals surface area contributed by atoms with Gasteiger partial charge in [0.1, 0.15) is 10.7 Å². The number of alkyl halides is 3. The summed E-state index contributed by atoms with van der Waals surface area (Å²) in [5, 5.41) is 0. The van der Waals surface area contributed by atoms with Crippen LogP contribution in [0.15, 0.2) is 53.4 Å². The van der Waals surface area contributed by atoms with Crippen molar-refractivity contribution in [2.45, 2.75) is 11.1 Å². The maximum absolute atomic E-state index is 13.5. The van der Waals surface area contributed by atoms with Crippen molar-refractivity contribution in [1.82, 2.24) is 0 Å². The van der Waals surface area contributed by atoms with Gasteiger partial charge < -0.3 is 0 Å². The molecule has 0 atom stereocenters. The van der Waals surface area contributed by atoms with Crippen molar-refractivity contribution < 1.29 is 26.0 Å². The van der Waals surface area contributed by atoms with Crippen molar-refractivity contribution in [1.29, 1.82) is 0 Å². The number of para-hydroxylation sites is 1. The van der Waals surface area contributed by atoms with E-state index in [-0.39, 0.29) is 0 Å². The molecule has 0 fully saturated rings. The van der Waals surface area contributed by atoms with Crippen LogP contribution in [0.1, 0.15) is 5.56 Å². The van der Waals surface area contributed by atoms with Crippen LogP contribution in [-0.4, -0.2) is 8.42 Å². The molecule has 0 aromatic heterocycles. The van der Waals surface area contributed by atoms with E-state index in [1.54, 1.807) is 4.72 Å². The molecular formula is C13H9F4NO2S. The number of nitrogens with one attached hydrogen (secondary N) is 1. The summed E-state index contributed by atoms with van der Waals surface area (Å²) in [4.78, 5) is -0.720. The first kappa shape index (κ1) is 15.3. The Morgan fingerprint density at radius 3 is 2.10 bits per heavy atom. The number of rotatable bonds is 3. The molecular weight excluding hydrogens is 310 g/mol. The fourth-order valence-corrected chi connectivity index (χ4v) is 2.84. The maximum atomic E-state index is 13.5. The molecule has 0 spiro atoms. The Morgan fingerprint density at radius 1 is 0.905 bits per heavy atom. The fourth-order valence-electron chi connectivity index (χ4n) is 1.68. The van der Waals surface area contributed by atoms with Crippen LogP contribution in [0.25, 0.3) is 0 Å². The normalized spacial score (nSPS) is 12.2. The van der Waals surface area contributed by atoms with Gasteiger partial charge in [-0.05, 0) is 24.3 Å². The molecule has 8 heteroatoms. The Bertz CT molecular complexity index is 757. The molecule has 0 unspecified atom stereocenters. The Morgan fingerprint density at radius 2 is 1.48 bits per heavy atom. The molecule has 112 valence electrons. The minimum atomic E-state index is -4.73. The van der Waals surface area contributed by atoms with E-state index in [9.17, 15) is 26.0 Å². The number of anilines is 1. The van der Waals surface area contributed by atoms with Crippen LogP contribution < -0.4 is 4.72 Å². The van der Waals surface area contributed by atoms with Gasteiger partial charge in [-0.1, -0.05) is 24.3 Å². The molecule has 0 saturated heterocycles. The SMILES string of the molecule is O=S(=O)(Nc1ccccc1C(F)(F)F)c1ccccc1F. The number of benzene rings is 2. The molecule has 0 aliphatic heterocycles. The van der Waals surface area contributed by atoms with E-state index in [0.29, 0.717) is 0 Å². The predicted octanol–water partition coefficient (Wildman–Crippen LogP) is 3.65. The van der Waals surface area contributed by atoms with Crippen LogP contribution in [0.2, 0.25) is 0 Å². The molecule has 21 heavy (non-hydrogen) atoms. The summed E-state index contributed by atoms with van der Waals surface area (Å²) < 4.78 is 77.6. The summed E-state index contributed by atoms with van der Waals surface area (Å²) in [5.41, 5.74) is -1.81. The maximum Gasteiger partial charge on any atom is 0.418 e. The van der Waals surface area contributed by atoms with Crippen molar-refractivity contribution in [2.24, 2.45) is 0 Å². The molecule has 1 N–H and O–H groups in total. The lowest BCUT2D eigenvalue weighted by Crippen LogP contribution is -2.18. The predicted molar refractivity (Wildman–Crippen MR) is 68.7 cm³/mol. The standard InChI is InChI=1S/C13H9F4NO2S/c14-10-6-2-4-8-12(10)21(19,20)18-11-7-3-1-5-9(11)13(15,16)17/h1-8,18H. The van der Waals surface area contributed by atoms with E-state index in [1.807, 2.05) is 0 Å². The highest BCUT2D eigenvalue weighted by Gasteiger charge is 2.34. The summed E-state index contributed by atoms with van der Waals surface area (Å²) in [6.45, 7) is 0. The number of sulfonamides is 1. The van der Waals surface area contributed by atoms with Crippen LogP contribution in [0.3, 0.4) is 0 Å². The third kappa shape index (κ3) is 3.33. The van der Waals surface area contributed by atoms with Gasteiger partial charge in [-0.25, -0.2) is 12.8 Å². The molecule has 0 aliphatic rings. The first-order valence-electron chi connectivity index (χ1n) is 5.65. The Hall–Kier alpha value is -2.09. The highest BCUT2D eigenvalue weighted by atomic mass is 32.2. The quantitative estimate of drug-likeness (QED) is 0.878. The van der Waals surface area contributed by atoms with Crippen LogP contribution in [0.5, 0.6) is 0 Å².